The van der Waals surface area contributed by atoms with Gasteiger partial charge in [-0.2, -0.15) is 0 Å². The van der Waals surface area contributed by atoms with Gasteiger partial charge in [-0.3, -0.25) is 0 Å². The maximum absolute atomic E-state index is 5.17. The van der Waals surface area contributed by atoms with Gasteiger partial charge in [0.2, 0.25) is 0 Å². The minimum absolute atomic E-state index is 0.643. The number of aromatic nitrogens is 3. The van der Waals surface area contributed by atoms with E-state index in [1.54, 1.807) is 0 Å². The normalized spacial score (nSPS) is 11.3. The predicted molar refractivity (Wildman–Crippen MR) is 205 cm³/mol. The minimum atomic E-state index is -2.74. The Bertz CT molecular complexity index is 2220. The molecule has 232 valence electrons. The topological polar surface area (TPSA) is 38.7 Å². The van der Waals surface area contributed by atoms with Crippen LogP contribution in [0, 0.1) is 0 Å². The highest BCUT2D eigenvalue weighted by molar-refractivity contribution is 7.19. The zero-order valence-electron chi connectivity index (χ0n) is 26.9. The quantitative estimate of drug-likeness (QED) is 0.125. The van der Waals surface area contributed by atoms with Crippen molar-refractivity contribution >= 4 is 28.8 Å². The van der Waals surface area contributed by atoms with Gasteiger partial charge in [0, 0.05) is 16.7 Å². The molecule has 7 aromatic carbocycles. The molecule has 1 heterocycles. The molecular formula is C45H33N3Si. The molecule has 0 aliphatic carbocycles. The van der Waals surface area contributed by atoms with E-state index in [9.17, 15) is 0 Å². The Kier molecular flexibility index (Phi) is 8.29. The third-order valence-corrected chi connectivity index (χ3v) is 13.8. The van der Waals surface area contributed by atoms with Crippen molar-refractivity contribution in [2.24, 2.45) is 0 Å². The summed E-state index contributed by atoms with van der Waals surface area (Å²) in [6.45, 7) is 0. The summed E-state index contributed by atoms with van der Waals surface area (Å²) >= 11 is 0. The van der Waals surface area contributed by atoms with Gasteiger partial charge in [-0.05, 0) is 37.9 Å². The Morgan fingerprint density at radius 3 is 1.06 bits per heavy atom. The van der Waals surface area contributed by atoms with Gasteiger partial charge < -0.3 is 0 Å². The average molecular weight is 644 g/mol. The lowest BCUT2D eigenvalue weighted by molar-refractivity contribution is 1.07. The van der Waals surface area contributed by atoms with Crippen molar-refractivity contribution in [1.82, 2.24) is 15.0 Å². The summed E-state index contributed by atoms with van der Waals surface area (Å²) in [6.07, 6.45) is 0. The maximum Gasteiger partial charge on any atom is 0.179 e. The van der Waals surface area contributed by atoms with Crippen LogP contribution in [0.15, 0.2) is 200 Å². The molecule has 0 radical (unpaired) electrons. The molecule has 0 unspecified atom stereocenters. The first-order valence-electron chi connectivity index (χ1n) is 16.5. The van der Waals surface area contributed by atoms with Crippen LogP contribution in [0.25, 0.3) is 45.3 Å². The van der Waals surface area contributed by atoms with Gasteiger partial charge >= 0.3 is 0 Å². The Labute approximate surface area is 288 Å². The second-order valence-corrected chi connectivity index (χ2v) is 15.9. The van der Waals surface area contributed by atoms with Crippen molar-refractivity contribution in [3.8, 4) is 45.3 Å². The summed E-state index contributed by atoms with van der Waals surface area (Å²) < 4.78 is 0. The molecule has 0 fully saturated rings. The van der Waals surface area contributed by atoms with Gasteiger partial charge in [0.25, 0.3) is 0 Å². The molecule has 0 N–H and O–H groups in total. The second kappa shape index (κ2) is 13.5. The minimum Gasteiger partial charge on any atom is -0.208 e. The molecule has 8 aromatic rings. The molecule has 4 heteroatoms. The molecule has 0 aliphatic rings. The Balaban J connectivity index is 1.34. The standard InChI is InChI=1S/C45H33N3Si/c1-6-18-34(19-7-1)36-22-16-23-37(32-36)44-46-43(35-20-8-2-9-21-35)47-45(48-44)38-24-17-31-42(33-38)49(39-25-10-3-11-26-39,40-27-12-4-13-28-40)41-29-14-5-15-30-41/h1-33H. The van der Waals surface area contributed by atoms with Crippen LogP contribution >= 0.6 is 0 Å². The lowest BCUT2D eigenvalue weighted by Crippen LogP contribution is -2.74. The van der Waals surface area contributed by atoms with Crippen molar-refractivity contribution in [2.75, 3.05) is 0 Å². The fourth-order valence-electron chi connectivity index (χ4n) is 6.77. The highest BCUT2D eigenvalue weighted by Crippen LogP contribution is 2.28. The Morgan fingerprint density at radius 2 is 0.571 bits per heavy atom. The molecular weight excluding hydrogens is 611 g/mol. The van der Waals surface area contributed by atoms with E-state index in [1.807, 2.05) is 24.3 Å². The highest BCUT2D eigenvalue weighted by atomic mass is 28.3. The van der Waals surface area contributed by atoms with E-state index in [0.29, 0.717) is 17.5 Å². The van der Waals surface area contributed by atoms with Gasteiger partial charge in [0.15, 0.2) is 25.5 Å². The van der Waals surface area contributed by atoms with Crippen LogP contribution < -0.4 is 20.7 Å². The third kappa shape index (κ3) is 5.90. The zero-order valence-corrected chi connectivity index (χ0v) is 27.9. The number of hydrogen-bond acceptors (Lipinski definition) is 3. The Hall–Kier alpha value is -6.23. The van der Waals surface area contributed by atoms with E-state index in [2.05, 4.69) is 176 Å². The van der Waals surface area contributed by atoms with E-state index in [1.165, 1.54) is 20.7 Å². The predicted octanol–water partition coefficient (Wildman–Crippen LogP) is 7.92. The van der Waals surface area contributed by atoms with Crippen LogP contribution in [0.1, 0.15) is 0 Å². The van der Waals surface area contributed by atoms with E-state index < -0.39 is 8.07 Å². The molecule has 0 atom stereocenters. The molecule has 3 nitrogen and oxygen atoms in total. The summed E-state index contributed by atoms with van der Waals surface area (Å²) in [4.78, 5) is 15.3. The van der Waals surface area contributed by atoms with Crippen molar-refractivity contribution in [3.05, 3.63) is 200 Å². The van der Waals surface area contributed by atoms with E-state index in [-0.39, 0.29) is 0 Å². The Morgan fingerprint density at radius 1 is 0.245 bits per heavy atom. The number of rotatable bonds is 8. The molecule has 8 rings (SSSR count). The molecule has 0 amide bonds. The van der Waals surface area contributed by atoms with Crippen molar-refractivity contribution in [1.29, 1.82) is 0 Å². The summed E-state index contributed by atoms with van der Waals surface area (Å²) in [6, 6.07) is 70.8. The monoisotopic (exact) mass is 643 g/mol. The van der Waals surface area contributed by atoms with Crippen molar-refractivity contribution in [2.45, 2.75) is 0 Å². The van der Waals surface area contributed by atoms with Crippen molar-refractivity contribution < 1.29 is 0 Å². The van der Waals surface area contributed by atoms with Gasteiger partial charge in [0.1, 0.15) is 0 Å². The molecule has 49 heavy (non-hydrogen) atoms. The first kappa shape index (κ1) is 30.1. The largest absolute Gasteiger partial charge is 0.208 e. The number of hydrogen-bond donors (Lipinski definition) is 0. The van der Waals surface area contributed by atoms with Gasteiger partial charge in [0.05, 0.1) is 0 Å². The molecule has 0 bridgehead atoms. The van der Waals surface area contributed by atoms with Crippen LogP contribution in [0.4, 0.5) is 0 Å². The van der Waals surface area contributed by atoms with E-state index in [0.717, 1.165) is 27.8 Å². The van der Waals surface area contributed by atoms with Crippen LogP contribution in [-0.2, 0) is 0 Å². The van der Waals surface area contributed by atoms with Crippen LogP contribution in [0.3, 0.4) is 0 Å². The fraction of sp³-hybridized carbons (Fsp3) is 0. The summed E-state index contributed by atoms with van der Waals surface area (Å²) in [5, 5.41) is 5.23. The van der Waals surface area contributed by atoms with Gasteiger partial charge in [-0.15, -0.1) is 0 Å². The average Bonchev–Trinajstić information content (AvgIpc) is 3.20. The van der Waals surface area contributed by atoms with Crippen LogP contribution in [0.5, 0.6) is 0 Å². The summed E-state index contributed by atoms with van der Waals surface area (Å²) in [5.41, 5.74) is 5.12. The van der Waals surface area contributed by atoms with Crippen LogP contribution in [0.2, 0.25) is 0 Å². The lowest BCUT2D eigenvalue weighted by atomic mass is 10.0. The smallest absolute Gasteiger partial charge is 0.179 e. The number of nitrogens with zero attached hydrogens (tertiary/aromatic N) is 3. The SMILES string of the molecule is c1ccc(-c2cccc(-c3nc(-c4ccccc4)nc(-c4cccc([Si](c5ccccc5)(c5ccccc5)c5ccccc5)c4)n3)c2)cc1. The first-order valence-corrected chi connectivity index (χ1v) is 18.5. The molecule has 0 spiro atoms. The third-order valence-electron chi connectivity index (χ3n) is 9.07. The summed E-state index contributed by atoms with van der Waals surface area (Å²) in [7, 11) is -2.74. The molecule has 0 saturated carbocycles. The fourth-order valence-corrected chi connectivity index (χ4v) is 11.6. The zero-order chi connectivity index (χ0) is 32.9. The first-order chi connectivity index (χ1) is 24.3. The van der Waals surface area contributed by atoms with Gasteiger partial charge in [-0.1, -0.05) is 194 Å². The second-order valence-electron chi connectivity index (χ2n) is 12.0. The van der Waals surface area contributed by atoms with Crippen molar-refractivity contribution in [3.63, 3.8) is 0 Å². The highest BCUT2D eigenvalue weighted by Gasteiger charge is 2.41. The molecule has 1 aromatic heterocycles. The molecule has 0 saturated heterocycles. The van der Waals surface area contributed by atoms with E-state index in [4.69, 9.17) is 15.0 Å². The van der Waals surface area contributed by atoms with E-state index >= 15 is 0 Å². The molecule has 0 aliphatic heterocycles. The lowest BCUT2D eigenvalue weighted by Gasteiger charge is -2.34. The van der Waals surface area contributed by atoms with Gasteiger partial charge in [-0.25, -0.2) is 15.0 Å². The maximum atomic E-state index is 5.17. The summed E-state index contributed by atoms with van der Waals surface area (Å²) in [5.74, 6) is 1.94. The number of benzene rings is 7. The van der Waals surface area contributed by atoms with Crippen LogP contribution in [-0.4, -0.2) is 23.0 Å².